The van der Waals surface area contributed by atoms with Crippen molar-refractivity contribution in [2.24, 2.45) is 0 Å². The van der Waals surface area contributed by atoms with Crippen molar-refractivity contribution in [1.82, 2.24) is 5.32 Å². The Balaban J connectivity index is 1.90. The first-order chi connectivity index (χ1) is 14.6. The quantitative estimate of drug-likeness (QED) is 0.133. The molecule has 0 aromatic heterocycles. The van der Waals surface area contributed by atoms with Crippen LogP contribution in [0.5, 0.6) is 5.75 Å². The van der Waals surface area contributed by atoms with Gasteiger partial charge >= 0.3 is 0 Å². The third-order valence-electron chi connectivity index (χ3n) is 5.88. The molecule has 172 valence electrons. The van der Waals surface area contributed by atoms with Crippen LogP contribution in [-0.2, 0) is 0 Å². The summed E-state index contributed by atoms with van der Waals surface area (Å²) in [6.07, 6.45) is 21.4. The van der Waals surface area contributed by atoms with Crippen LogP contribution in [0.2, 0.25) is 0 Å². The van der Waals surface area contributed by atoms with Crippen molar-refractivity contribution in [3.05, 3.63) is 23.3 Å². The van der Waals surface area contributed by atoms with E-state index in [1.54, 1.807) is 13.0 Å². The summed E-state index contributed by atoms with van der Waals surface area (Å²) in [6.45, 7) is 4.67. The predicted molar refractivity (Wildman–Crippen MR) is 129 cm³/mol. The molecule has 0 fully saturated rings. The second-order valence-electron chi connectivity index (χ2n) is 8.79. The Labute approximate surface area is 185 Å². The van der Waals surface area contributed by atoms with Gasteiger partial charge < -0.3 is 16.2 Å². The Hall–Kier alpha value is -1.71. The van der Waals surface area contributed by atoms with Crippen LogP contribution in [0.3, 0.4) is 0 Å². The SMILES string of the molecule is CCCCCCCCCCCCCCCCCCNC(=O)c1cc(N)cc(C)c1O. The summed E-state index contributed by atoms with van der Waals surface area (Å²) in [6, 6.07) is 3.20. The van der Waals surface area contributed by atoms with Crippen LogP contribution in [0.1, 0.15) is 126 Å². The molecular formula is C26H46N2O2. The van der Waals surface area contributed by atoms with E-state index in [0.29, 0.717) is 17.8 Å². The summed E-state index contributed by atoms with van der Waals surface area (Å²) in [5.41, 5.74) is 7.16. The summed E-state index contributed by atoms with van der Waals surface area (Å²) in [4.78, 5) is 12.2. The monoisotopic (exact) mass is 418 g/mol. The van der Waals surface area contributed by atoms with E-state index < -0.39 is 0 Å². The van der Waals surface area contributed by atoms with Gasteiger partial charge in [0.25, 0.3) is 5.91 Å². The van der Waals surface area contributed by atoms with E-state index in [2.05, 4.69) is 12.2 Å². The maximum Gasteiger partial charge on any atom is 0.255 e. The minimum Gasteiger partial charge on any atom is -0.507 e. The molecule has 4 nitrogen and oxygen atoms in total. The molecule has 0 atom stereocenters. The smallest absolute Gasteiger partial charge is 0.255 e. The van der Waals surface area contributed by atoms with Crippen LogP contribution in [0.25, 0.3) is 0 Å². The lowest BCUT2D eigenvalue weighted by Gasteiger charge is -2.09. The molecule has 30 heavy (non-hydrogen) atoms. The number of benzene rings is 1. The highest BCUT2D eigenvalue weighted by Crippen LogP contribution is 2.25. The lowest BCUT2D eigenvalue weighted by atomic mass is 10.0. The maximum atomic E-state index is 12.2. The van der Waals surface area contributed by atoms with Gasteiger partial charge in [-0.05, 0) is 31.0 Å². The first-order valence-corrected chi connectivity index (χ1v) is 12.4. The first kappa shape index (κ1) is 26.3. The molecule has 0 aliphatic rings. The molecule has 0 aliphatic heterocycles. The Morgan fingerprint density at radius 3 is 1.70 bits per heavy atom. The van der Waals surface area contributed by atoms with Crippen molar-refractivity contribution in [1.29, 1.82) is 0 Å². The van der Waals surface area contributed by atoms with E-state index in [-0.39, 0.29) is 17.2 Å². The zero-order valence-corrected chi connectivity index (χ0v) is 19.6. The highest BCUT2D eigenvalue weighted by atomic mass is 16.3. The van der Waals surface area contributed by atoms with Gasteiger partial charge in [0.15, 0.2) is 0 Å². The van der Waals surface area contributed by atoms with Gasteiger partial charge in [0.2, 0.25) is 0 Å². The number of nitrogens with two attached hydrogens (primary N) is 1. The van der Waals surface area contributed by atoms with E-state index in [4.69, 9.17) is 5.73 Å². The minimum atomic E-state index is -0.246. The van der Waals surface area contributed by atoms with E-state index in [1.165, 1.54) is 96.0 Å². The van der Waals surface area contributed by atoms with Crippen molar-refractivity contribution in [2.75, 3.05) is 12.3 Å². The number of nitrogens with one attached hydrogen (secondary N) is 1. The van der Waals surface area contributed by atoms with Crippen molar-refractivity contribution in [3.63, 3.8) is 0 Å². The molecule has 0 saturated heterocycles. The van der Waals surface area contributed by atoms with E-state index in [1.807, 2.05) is 0 Å². The normalized spacial score (nSPS) is 11.0. The number of hydrogen-bond donors (Lipinski definition) is 3. The highest BCUT2D eigenvalue weighted by molar-refractivity contribution is 5.98. The molecule has 4 heteroatoms. The molecule has 0 bridgehead atoms. The van der Waals surface area contributed by atoms with Crippen LogP contribution < -0.4 is 11.1 Å². The molecule has 1 aromatic rings. The van der Waals surface area contributed by atoms with Gasteiger partial charge in [0, 0.05) is 12.2 Å². The van der Waals surface area contributed by atoms with Gasteiger partial charge in [0.1, 0.15) is 5.75 Å². The van der Waals surface area contributed by atoms with Crippen LogP contribution >= 0.6 is 0 Å². The Bertz CT molecular complexity index is 587. The predicted octanol–water partition coefficient (Wildman–Crippen LogP) is 7.27. The van der Waals surface area contributed by atoms with Crippen LogP contribution in [0, 0.1) is 6.92 Å². The molecule has 1 rings (SSSR count). The lowest BCUT2D eigenvalue weighted by Crippen LogP contribution is -2.24. The van der Waals surface area contributed by atoms with Gasteiger partial charge in [-0.15, -0.1) is 0 Å². The second kappa shape index (κ2) is 17.0. The fourth-order valence-corrected chi connectivity index (χ4v) is 3.95. The van der Waals surface area contributed by atoms with Crippen LogP contribution in [0.4, 0.5) is 5.69 Å². The number of carbonyl (C=O) groups excluding carboxylic acids is 1. The molecule has 0 heterocycles. The van der Waals surface area contributed by atoms with Gasteiger partial charge in [0.05, 0.1) is 5.56 Å². The number of aromatic hydroxyl groups is 1. The number of anilines is 1. The number of amides is 1. The van der Waals surface area contributed by atoms with Gasteiger partial charge in [-0.1, -0.05) is 103 Å². The first-order valence-electron chi connectivity index (χ1n) is 12.4. The van der Waals surface area contributed by atoms with Crippen molar-refractivity contribution in [3.8, 4) is 5.75 Å². The van der Waals surface area contributed by atoms with Gasteiger partial charge in [-0.25, -0.2) is 0 Å². The summed E-state index contributed by atoms with van der Waals surface area (Å²) < 4.78 is 0. The van der Waals surface area contributed by atoms with Crippen molar-refractivity contribution < 1.29 is 9.90 Å². The molecule has 0 radical (unpaired) electrons. The number of nitrogen functional groups attached to an aromatic ring is 1. The topological polar surface area (TPSA) is 75.4 Å². The van der Waals surface area contributed by atoms with Gasteiger partial charge in [-0.2, -0.15) is 0 Å². The van der Waals surface area contributed by atoms with Crippen LogP contribution in [0.15, 0.2) is 12.1 Å². The minimum absolute atomic E-state index is 0.0219. The zero-order chi connectivity index (χ0) is 22.0. The molecule has 0 saturated carbocycles. The van der Waals surface area contributed by atoms with E-state index in [9.17, 15) is 9.90 Å². The molecule has 4 N–H and O–H groups in total. The molecular weight excluding hydrogens is 372 g/mol. The number of carbonyl (C=O) groups is 1. The summed E-state index contributed by atoms with van der Waals surface area (Å²) >= 11 is 0. The van der Waals surface area contributed by atoms with Crippen LogP contribution in [-0.4, -0.2) is 17.6 Å². The third-order valence-corrected chi connectivity index (χ3v) is 5.88. The summed E-state index contributed by atoms with van der Waals surface area (Å²) in [7, 11) is 0. The number of rotatable bonds is 18. The summed E-state index contributed by atoms with van der Waals surface area (Å²) in [5.74, 6) is -0.225. The van der Waals surface area contributed by atoms with E-state index in [0.717, 1.165) is 12.8 Å². The highest BCUT2D eigenvalue weighted by Gasteiger charge is 2.13. The van der Waals surface area contributed by atoms with E-state index >= 15 is 0 Å². The zero-order valence-electron chi connectivity index (χ0n) is 19.6. The fraction of sp³-hybridized carbons (Fsp3) is 0.731. The Morgan fingerprint density at radius 1 is 0.800 bits per heavy atom. The number of hydrogen-bond acceptors (Lipinski definition) is 3. The standard InChI is InChI=1S/C26H46N2O2/c1-3-4-5-6-7-8-9-10-11-12-13-14-15-16-17-18-19-28-26(30)24-21-23(27)20-22(2)25(24)29/h20-21,29H,3-19,27H2,1-2H3,(H,28,30). The van der Waals surface area contributed by atoms with Crippen molar-refractivity contribution in [2.45, 2.75) is 117 Å². The Morgan fingerprint density at radius 2 is 1.23 bits per heavy atom. The number of phenols is 1. The number of unbranched alkanes of at least 4 members (excludes halogenated alkanes) is 15. The molecule has 0 unspecified atom stereocenters. The lowest BCUT2D eigenvalue weighted by molar-refractivity contribution is 0.0950. The van der Waals surface area contributed by atoms with Gasteiger partial charge in [-0.3, -0.25) is 4.79 Å². The average molecular weight is 419 g/mol. The molecule has 1 amide bonds. The summed E-state index contributed by atoms with van der Waals surface area (Å²) in [5, 5.41) is 12.9. The average Bonchev–Trinajstić information content (AvgIpc) is 2.72. The largest absolute Gasteiger partial charge is 0.507 e. The maximum absolute atomic E-state index is 12.2. The third kappa shape index (κ3) is 12.1. The van der Waals surface area contributed by atoms with Crippen molar-refractivity contribution >= 4 is 11.6 Å². The number of aryl methyl sites for hydroxylation is 1. The molecule has 1 aromatic carbocycles. The molecule has 0 spiro atoms. The molecule has 0 aliphatic carbocycles. The fourth-order valence-electron chi connectivity index (χ4n) is 3.95. The number of phenolic OH excluding ortho intramolecular Hbond substituents is 1. The second-order valence-corrected chi connectivity index (χ2v) is 8.79. The Kier molecular flexibility index (Phi) is 14.9.